The molecule has 0 radical (unpaired) electrons. The Labute approximate surface area is 112 Å². The summed E-state index contributed by atoms with van der Waals surface area (Å²) in [7, 11) is 0. The van der Waals surface area contributed by atoms with Gasteiger partial charge in [-0.25, -0.2) is 0 Å². The molecule has 0 fully saturated rings. The molecule has 1 aliphatic heterocycles. The van der Waals surface area contributed by atoms with Gasteiger partial charge in [-0.2, -0.15) is 0 Å². The van der Waals surface area contributed by atoms with Crippen LogP contribution in [0.2, 0.25) is 0 Å². The van der Waals surface area contributed by atoms with Crippen molar-refractivity contribution in [3.05, 3.63) is 42.6 Å². The fourth-order valence-electron chi connectivity index (χ4n) is 2.33. The van der Waals surface area contributed by atoms with E-state index < -0.39 is 0 Å². The largest absolute Gasteiger partial charge is 0.330 e. The van der Waals surface area contributed by atoms with Gasteiger partial charge in [-0.1, -0.05) is 11.3 Å². The molecule has 4 nitrogen and oxygen atoms in total. The van der Waals surface area contributed by atoms with Gasteiger partial charge in [0.05, 0.1) is 6.04 Å². The Morgan fingerprint density at radius 2 is 2.33 bits per heavy atom. The molecule has 6 heteroatoms. The van der Waals surface area contributed by atoms with Crippen LogP contribution in [0.3, 0.4) is 0 Å². The molecule has 18 heavy (non-hydrogen) atoms. The summed E-state index contributed by atoms with van der Waals surface area (Å²) in [6.07, 6.45) is 0.900. The van der Waals surface area contributed by atoms with Gasteiger partial charge in [0.15, 0.2) is 0 Å². The first-order valence-electron chi connectivity index (χ1n) is 5.72. The van der Waals surface area contributed by atoms with Crippen molar-refractivity contribution in [3.63, 3.8) is 0 Å². The lowest BCUT2D eigenvalue weighted by molar-refractivity contribution is 0.0674. The molecule has 3 heterocycles. The molecule has 3 rings (SSSR count). The standard InChI is InChI=1S/C12H12N2O2S2/c1-7-8-3-5-17-10(8)2-4-14(7)11(15)9-6-18-12(16)13-9/h3,5-7H,2,4H2,1H3,(H,13,16). The van der Waals surface area contributed by atoms with Crippen LogP contribution in [0.5, 0.6) is 0 Å². The van der Waals surface area contributed by atoms with Gasteiger partial charge in [-0.3, -0.25) is 9.59 Å². The van der Waals surface area contributed by atoms with E-state index in [4.69, 9.17) is 0 Å². The number of fused-ring (bicyclic) bond motifs is 1. The van der Waals surface area contributed by atoms with Crippen LogP contribution in [0.15, 0.2) is 21.6 Å². The van der Waals surface area contributed by atoms with Crippen LogP contribution in [0, 0.1) is 0 Å². The molecule has 1 amide bonds. The third kappa shape index (κ3) is 1.81. The fourth-order valence-corrected chi connectivity index (χ4v) is 3.84. The molecule has 94 valence electrons. The number of hydrogen-bond acceptors (Lipinski definition) is 4. The molecule has 0 saturated carbocycles. The lowest BCUT2D eigenvalue weighted by Gasteiger charge is -2.33. The van der Waals surface area contributed by atoms with Crippen LogP contribution in [-0.2, 0) is 6.42 Å². The number of carbonyl (C=O) groups is 1. The molecule has 1 aliphatic rings. The number of thiazole rings is 1. The van der Waals surface area contributed by atoms with Gasteiger partial charge in [0.2, 0.25) is 0 Å². The summed E-state index contributed by atoms with van der Waals surface area (Å²) in [5.74, 6) is -0.0855. The smallest absolute Gasteiger partial charge is 0.305 e. The topological polar surface area (TPSA) is 53.2 Å². The first-order valence-corrected chi connectivity index (χ1v) is 7.48. The van der Waals surface area contributed by atoms with Crippen molar-refractivity contribution in [3.8, 4) is 0 Å². The zero-order valence-corrected chi connectivity index (χ0v) is 11.4. The molecule has 0 saturated heterocycles. The summed E-state index contributed by atoms with van der Waals surface area (Å²) in [6, 6.07) is 2.16. The number of aromatic amines is 1. The van der Waals surface area contributed by atoms with Gasteiger partial charge in [0.25, 0.3) is 5.91 Å². The number of amides is 1. The van der Waals surface area contributed by atoms with Crippen molar-refractivity contribution in [2.45, 2.75) is 19.4 Å². The SMILES string of the molecule is CC1c2ccsc2CCN1C(=O)c1csc(=O)[nH]1. The molecule has 0 aromatic carbocycles. The summed E-state index contributed by atoms with van der Waals surface area (Å²) in [5, 5.41) is 3.67. The van der Waals surface area contributed by atoms with Crippen molar-refractivity contribution < 1.29 is 4.79 Å². The molecule has 1 unspecified atom stereocenters. The molecule has 0 bridgehead atoms. The highest BCUT2D eigenvalue weighted by molar-refractivity contribution is 7.10. The minimum absolute atomic E-state index is 0.0795. The zero-order chi connectivity index (χ0) is 12.7. The van der Waals surface area contributed by atoms with Gasteiger partial charge in [-0.15, -0.1) is 11.3 Å². The van der Waals surface area contributed by atoms with E-state index in [1.54, 1.807) is 16.7 Å². The third-order valence-corrected chi connectivity index (χ3v) is 4.96. The van der Waals surface area contributed by atoms with Gasteiger partial charge in [0.1, 0.15) is 5.69 Å². The minimum atomic E-state index is -0.181. The highest BCUT2D eigenvalue weighted by Gasteiger charge is 2.29. The highest BCUT2D eigenvalue weighted by atomic mass is 32.1. The number of hydrogen-bond donors (Lipinski definition) is 1. The summed E-state index contributed by atoms with van der Waals surface area (Å²) >= 11 is 2.78. The maximum absolute atomic E-state index is 12.3. The second-order valence-electron chi connectivity index (χ2n) is 4.29. The lowest BCUT2D eigenvalue weighted by atomic mass is 10.0. The minimum Gasteiger partial charge on any atom is -0.330 e. The van der Waals surface area contributed by atoms with Crippen LogP contribution in [0.25, 0.3) is 0 Å². The molecule has 1 atom stereocenters. The van der Waals surface area contributed by atoms with E-state index in [2.05, 4.69) is 16.4 Å². The number of rotatable bonds is 1. The average Bonchev–Trinajstić information content (AvgIpc) is 2.97. The Morgan fingerprint density at radius 3 is 3.06 bits per heavy atom. The molecule has 2 aromatic rings. The number of carbonyl (C=O) groups excluding carboxylic acids is 1. The average molecular weight is 280 g/mol. The first kappa shape index (κ1) is 11.7. The summed E-state index contributed by atoms with van der Waals surface area (Å²) in [4.78, 5) is 29.0. The highest BCUT2D eigenvalue weighted by Crippen LogP contribution is 2.33. The lowest BCUT2D eigenvalue weighted by Crippen LogP contribution is -2.38. The normalized spacial score (nSPS) is 18.7. The van der Waals surface area contributed by atoms with Crippen molar-refractivity contribution in [1.82, 2.24) is 9.88 Å². The van der Waals surface area contributed by atoms with Crippen molar-refractivity contribution in [2.75, 3.05) is 6.54 Å². The van der Waals surface area contributed by atoms with E-state index in [0.717, 1.165) is 17.8 Å². The molecule has 0 aliphatic carbocycles. The van der Waals surface area contributed by atoms with E-state index in [1.807, 2.05) is 11.8 Å². The van der Waals surface area contributed by atoms with E-state index in [-0.39, 0.29) is 16.8 Å². The van der Waals surface area contributed by atoms with Gasteiger partial charge >= 0.3 is 4.87 Å². The predicted octanol–water partition coefficient (Wildman–Crippen LogP) is 2.26. The molecule has 0 spiro atoms. The maximum Gasteiger partial charge on any atom is 0.305 e. The van der Waals surface area contributed by atoms with Crippen molar-refractivity contribution in [2.24, 2.45) is 0 Å². The van der Waals surface area contributed by atoms with Gasteiger partial charge in [0, 0.05) is 16.8 Å². The van der Waals surface area contributed by atoms with Crippen LogP contribution >= 0.6 is 22.7 Å². The van der Waals surface area contributed by atoms with Crippen LogP contribution < -0.4 is 4.87 Å². The first-order chi connectivity index (χ1) is 8.66. The Morgan fingerprint density at radius 1 is 1.50 bits per heavy atom. The van der Waals surface area contributed by atoms with E-state index in [0.29, 0.717) is 12.2 Å². The molecular formula is C12H12N2O2S2. The Balaban J connectivity index is 1.90. The Bertz CT molecular complexity index is 640. The number of aromatic nitrogens is 1. The Hall–Kier alpha value is -1.40. The number of nitrogens with zero attached hydrogens (tertiary/aromatic N) is 1. The van der Waals surface area contributed by atoms with E-state index in [9.17, 15) is 9.59 Å². The van der Waals surface area contributed by atoms with Gasteiger partial charge < -0.3 is 9.88 Å². The quantitative estimate of drug-likeness (QED) is 0.871. The molecule has 1 N–H and O–H groups in total. The third-order valence-electron chi connectivity index (χ3n) is 3.29. The predicted molar refractivity (Wildman–Crippen MR) is 72.4 cm³/mol. The second kappa shape index (κ2) is 4.37. The van der Waals surface area contributed by atoms with Gasteiger partial charge in [-0.05, 0) is 30.4 Å². The zero-order valence-electron chi connectivity index (χ0n) is 9.80. The van der Waals surface area contributed by atoms with Crippen molar-refractivity contribution >= 4 is 28.6 Å². The van der Waals surface area contributed by atoms with Crippen molar-refractivity contribution in [1.29, 1.82) is 0 Å². The number of nitrogens with one attached hydrogen (secondary N) is 1. The van der Waals surface area contributed by atoms with Crippen LogP contribution in [0.4, 0.5) is 0 Å². The van der Waals surface area contributed by atoms with E-state index >= 15 is 0 Å². The molecule has 2 aromatic heterocycles. The second-order valence-corrected chi connectivity index (χ2v) is 6.13. The monoisotopic (exact) mass is 280 g/mol. The van der Waals surface area contributed by atoms with Crippen LogP contribution in [0.1, 0.15) is 33.9 Å². The summed E-state index contributed by atoms with van der Waals surface area (Å²) in [5.41, 5.74) is 1.63. The molecular weight excluding hydrogens is 268 g/mol. The fraction of sp³-hybridized carbons (Fsp3) is 0.333. The summed E-state index contributed by atoms with van der Waals surface area (Å²) in [6.45, 7) is 2.75. The summed E-state index contributed by atoms with van der Waals surface area (Å²) < 4.78 is 0. The number of H-pyrrole nitrogens is 1. The number of thiophene rings is 1. The maximum atomic E-state index is 12.3. The Kier molecular flexibility index (Phi) is 2.83. The van der Waals surface area contributed by atoms with Crippen LogP contribution in [-0.4, -0.2) is 22.3 Å². The van der Waals surface area contributed by atoms with E-state index in [1.165, 1.54) is 10.4 Å².